The van der Waals surface area contributed by atoms with Crippen LogP contribution in [-0.2, 0) is 9.53 Å². The van der Waals surface area contributed by atoms with E-state index in [1.54, 1.807) is 0 Å². The first-order chi connectivity index (χ1) is 4.86. The molecular weight excluding hydrogens is 130 g/mol. The van der Waals surface area contributed by atoms with E-state index in [4.69, 9.17) is 4.74 Å². The number of rotatable bonds is 0. The Morgan fingerprint density at radius 3 is 3.30 bits per heavy atom. The van der Waals surface area contributed by atoms with Crippen LogP contribution in [0.5, 0.6) is 0 Å². The third-order valence-corrected chi connectivity index (χ3v) is 2.29. The molecule has 1 N–H and O–H groups in total. The highest BCUT2D eigenvalue weighted by atomic mass is 16.5. The van der Waals surface area contributed by atoms with Crippen molar-refractivity contribution in [3.8, 4) is 0 Å². The van der Waals surface area contributed by atoms with Crippen LogP contribution in [0.15, 0.2) is 0 Å². The van der Waals surface area contributed by atoms with Gasteiger partial charge in [-0.1, -0.05) is 0 Å². The van der Waals surface area contributed by atoms with Gasteiger partial charge in [-0.3, -0.25) is 4.79 Å². The predicted molar refractivity (Wildman–Crippen MR) is 35.5 cm³/mol. The molecule has 2 aliphatic rings. The molecule has 10 heavy (non-hydrogen) atoms. The average molecular weight is 141 g/mol. The van der Waals surface area contributed by atoms with Gasteiger partial charge in [0, 0.05) is 13.0 Å². The van der Waals surface area contributed by atoms with E-state index < -0.39 is 0 Å². The molecule has 0 unspecified atom stereocenters. The SMILES string of the molecule is O=C1C[C@H]2CCOC[C@@H]2N1. The Hall–Kier alpha value is -0.570. The second kappa shape index (κ2) is 2.23. The van der Waals surface area contributed by atoms with Gasteiger partial charge in [-0.05, 0) is 12.3 Å². The topological polar surface area (TPSA) is 38.3 Å². The summed E-state index contributed by atoms with van der Waals surface area (Å²) in [7, 11) is 0. The highest BCUT2D eigenvalue weighted by Crippen LogP contribution is 2.23. The van der Waals surface area contributed by atoms with Crippen molar-refractivity contribution in [3.05, 3.63) is 0 Å². The van der Waals surface area contributed by atoms with Crippen molar-refractivity contribution < 1.29 is 9.53 Å². The molecule has 2 fully saturated rings. The van der Waals surface area contributed by atoms with Crippen LogP contribution in [0.4, 0.5) is 0 Å². The molecule has 0 saturated carbocycles. The molecule has 2 rings (SSSR count). The van der Waals surface area contributed by atoms with Gasteiger partial charge >= 0.3 is 0 Å². The maximum Gasteiger partial charge on any atom is 0.220 e. The molecule has 0 aromatic rings. The lowest BCUT2D eigenvalue weighted by atomic mass is 9.96. The molecule has 3 nitrogen and oxygen atoms in total. The lowest BCUT2D eigenvalue weighted by Crippen LogP contribution is -2.37. The Morgan fingerprint density at radius 1 is 1.60 bits per heavy atom. The standard InChI is InChI=1S/C7H11NO2/c9-7-3-5-1-2-10-4-6(5)8-7/h5-6H,1-4H2,(H,8,9)/t5-,6+/m1/s1. The molecule has 1 amide bonds. The van der Waals surface area contributed by atoms with Crippen LogP contribution in [0.2, 0.25) is 0 Å². The van der Waals surface area contributed by atoms with E-state index in [2.05, 4.69) is 5.32 Å². The number of carbonyl (C=O) groups is 1. The molecule has 0 aliphatic carbocycles. The van der Waals surface area contributed by atoms with Gasteiger partial charge in [-0.2, -0.15) is 0 Å². The molecule has 0 bridgehead atoms. The van der Waals surface area contributed by atoms with Gasteiger partial charge in [0.15, 0.2) is 0 Å². The lowest BCUT2D eigenvalue weighted by Gasteiger charge is -2.23. The van der Waals surface area contributed by atoms with Gasteiger partial charge in [0.25, 0.3) is 0 Å². The minimum atomic E-state index is 0.195. The van der Waals surface area contributed by atoms with Crippen molar-refractivity contribution in [3.63, 3.8) is 0 Å². The molecule has 2 atom stereocenters. The second-order valence-corrected chi connectivity index (χ2v) is 3.00. The number of fused-ring (bicyclic) bond motifs is 1. The van der Waals surface area contributed by atoms with E-state index in [0.717, 1.165) is 19.6 Å². The summed E-state index contributed by atoms with van der Waals surface area (Å²) in [6.45, 7) is 1.55. The number of hydrogen-bond acceptors (Lipinski definition) is 2. The molecule has 56 valence electrons. The summed E-state index contributed by atoms with van der Waals surface area (Å²) in [6, 6.07) is 0.321. The van der Waals surface area contributed by atoms with Crippen LogP contribution >= 0.6 is 0 Å². The van der Waals surface area contributed by atoms with Crippen LogP contribution in [0.25, 0.3) is 0 Å². The smallest absolute Gasteiger partial charge is 0.220 e. The Bertz CT molecular complexity index is 142. The Balaban J connectivity index is 2.04. The zero-order valence-electron chi connectivity index (χ0n) is 5.80. The molecular formula is C7H11NO2. The number of hydrogen-bond donors (Lipinski definition) is 1. The third kappa shape index (κ3) is 0.904. The van der Waals surface area contributed by atoms with Crippen molar-refractivity contribution in [2.24, 2.45) is 5.92 Å². The monoisotopic (exact) mass is 141 g/mol. The van der Waals surface area contributed by atoms with Gasteiger partial charge in [0.2, 0.25) is 5.91 Å². The van der Waals surface area contributed by atoms with Gasteiger partial charge in [0.05, 0.1) is 12.6 Å². The van der Waals surface area contributed by atoms with E-state index >= 15 is 0 Å². The van der Waals surface area contributed by atoms with E-state index in [-0.39, 0.29) is 5.91 Å². The van der Waals surface area contributed by atoms with Crippen LogP contribution in [0.3, 0.4) is 0 Å². The molecule has 0 aromatic carbocycles. The molecule has 0 radical (unpaired) electrons. The molecule has 3 heteroatoms. The fraction of sp³-hybridized carbons (Fsp3) is 0.857. The molecule has 2 saturated heterocycles. The van der Waals surface area contributed by atoms with Crippen molar-refractivity contribution in [1.29, 1.82) is 0 Å². The molecule has 2 heterocycles. The summed E-state index contributed by atoms with van der Waals surface area (Å²) in [5.41, 5.74) is 0. The largest absolute Gasteiger partial charge is 0.379 e. The predicted octanol–water partition coefficient (Wildman–Crippen LogP) is -0.0886. The zero-order chi connectivity index (χ0) is 6.97. The Morgan fingerprint density at radius 2 is 2.50 bits per heavy atom. The number of amides is 1. The van der Waals surface area contributed by atoms with Crippen LogP contribution < -0.4 is 5.32 Å². The molecule has 0 aromatic heterocycles. The van der Waals surface area contributed by atoms with E-state index in [1.807, 2.05) is 0 Å². The van der Waals surface area contributed by atoms with Crippen molar-refractivity contribution in [2.45, 2.75) is 18.9 Å². The van der Waals surface area contributed by atoms with Gasteiger partial charge in [-0.15, -0.1) is 0 Å². The lowest BCUT2D eigenvalue weighted by molar-refractivity contribution is -0.119. The van der Waals surface area contributed by atoms with Crippen molar-refractivity contribution in [1.82, 2.24) is 5.32 Å². The summed E-state index contributed by atoms with van der Waals surface area (Å²) >= 11 is 0. The Labute approximate surface area is 59.7 Å². The summed E-state index contributed by atoms with van der Waals surface area (Å²) in [5.74, 6) is 0.752. The summed E-state index contributed by atoms with van der Waals surface area (Å²) in [5, 5.41) is 2.89. The zero-order valence-corrected chi connectivity index (χ0v) is 5.80. The fourth-order valence-electron chi connectivity index (χ4n) is 1.69. The first kappa shape index (κ1) is 6.16. The number of nitrogens with one attached hydrogen (secondary N) is 1. The van der Waals surface area contributed by atoms with Crippen molar-refractivity contribution in [2.75, 3.05) is 13.2 Å². The molecule has 0 spiro atoms. The third-order valence-electron chi connectivity index (χ3n) is 2.29. The first-order valence-corrected chi connectivity index (χ1v) is 3.73. The van der Waals surface area contributed by atoms with Gasteiger partial charge in [-0.25, -0.2) is 0 Å². The minimum Gasteiger partial charge on any atom is -0.379 e. The number of ether oxygens (including phenoxy) is 1. The van der Waals surface area contributed by atoms with Crippen molar-refractivity contribution >= 4 is 5.91 Å². The van der Waals surface area contributed by atoms with Crippen LogP contribution in [-0.4, -0.2) is 25.2 Å². The average Bonchev–Trinajstić information content (AvgIpc) is 2.27. The van der Waals surface area contributed by atoms with Crippen LogP contribution in [0.1, 0.15) is 12.8 Å². The second-order valence-electron chi connectivity index (χ2n) is 3.00. The van der Waals surface area contributed by atoms with Gasteiger partial charge in [0.1, 0.15) is 0 Å². The normalized spacial score (nSPS) is 39.0. The van der Waals surface area contributed by atoms with Crippen LogP contribution in [0, 0.1) is 5.92 Å². The summed E-state index contributed by atoms with van der Waals surface area (Å²) < 4.78 is 5.22. The molecule has 2 aliphatic heterocycles. The summed E-state index contributed by atoms with van der Waals surface area (Å²) in [6.07, 6.45) is 1.76. The van der Waals surface area contributed by atoms with E-state index in [1.165, 1.54) is 0 Å². The minimum absolute atomic E-state index is 0.195. The summed E-state index contributed by atoms with van der Waals surface area (Å²) in [4.78, 5) is 10.8. The highest BCUT2D eigenvalue weighted by molar-refractivity contribution is 5.79. The maximum absolute atomic E-state index is 10.8. The first-order valence-electron chi connectivity index (χ1n) is 3.73. The van der Waals surface area contributed by atoms with E-state index in [9.17, 15) is 4.79 Å². The number of carbonyl (C=O) groups excluding carboxylic acids is 1. The van der Waals surface area contributed by atoms with E-state index in [0.29, 0.717) is 18.4 Å². The fourth-order valence-corrected chi connectivity index (χ4v) is 1.69. The highest BCUT2D eigenvalue weighted by Gasteiger charge is 2.34. The van der Waals surface area contributed by atoms with Gasteiger partial charge < -0.3 is 10.1 Å². The Kier molecular flexibility index (Phi) is 1.38. The quantitative estimate of drug-likeness (QED) is 0.512. The maximum atomic E-state index is 10.8.